The number of anilines is 1. The molecule has 138 valence electrons. The maximum atomic E-state index is 12.5. The van der Waals surface area contributed by atoms with Gasteiger partial charge < -0.3 is 15.1 Å². The fourth-order valence-corrected chi connectivity index (χ4v) is 3.98. The molecule has 0 aliphatic carbocycles. The van der Waals surface area contributed by atoms with E-state index >= 15 is 0 Å². The largest absolute Gasteiger partial charge is 0.325 e. The lowest BCUT2D eigenvalue weighted by Gasteiger charge is -2.37. The Morgan fingerprint density at radius 1 is 1.16 bits per heavy atom. The second-order valence-electron chi connectivity index (χ2n) is 7.81. The molecule has 0 aromatic heterocycles. The molecule has 1 aromatic rings. The standard InChI is InChI=1S/C20H30ClN3O/c1-15-5-9-23(10-6-15)14-17-7-11-24(12-8-17)20(25)22-18-4-3-16(2)19(21)13-18/h3-4,13,15,17H,5-12,14H2,1-2H3,(H,22,25). The molecule has 2 aliphatic heterocycles. The lowest BCUT2D eigenvalue weighted by molar-refractivity contribution is 0.130. The fraction of sp³-hybridized carbons (Fsp3) is 0.650. The predicted octanol–water partition coefficient (Wildman–Crippen LogP) is 4.62. The Morgan fingerprint density at radius 3 is 2.48 bits per heavy atom. The molecule has 0 spiro atoms. The molecular formula is C20H30ClN3O. The van der Waals surface area contributed by atoms with Crippen molar-refractivity contribution in [1.29, 1.82) is 0 Å². The summed E-state index contributed by atoms with van der Waals surface area (Å²) in [5.74, 6) is 1.61. The van der Waals surface area contributed by atoms with Gasteiger partial charge >= 0.3 is 6.03 Å². The number of nitrogens with zero attached hydrogens (tertiary/aromatic N) is 2. The molecule has 0 saturated carbocycles. The Kier molecular flexibility index (Phi) is 6.24. The second kappa shape index (κ2) is 8.41. The smallest absolute Gasteiger partial charge is 0.321 e. The van der Waals surface area contributed by atoms with Gasteiger partial charge in [0.15, 0.2) is 0 Å². The Balaban J connectivity index is 1.43. The average molecular weight is 364 g/mol. The van der Waals surface area contributed by atoms with Gasteiger partial charge in [0.05, 0.1) is 0 Å². The quantitative estimate of drug-likeness (QED) is 0.850. The molecule has 0 unspecified atom stereocenters. The normalized spacial score (nSPS) is 20.7. The molecular weight excluding hydrogens is 334 g/mol. The minimum atomic E-state index is -0.00910. The average Bonchev–Trinajstić information content (AvgIpc) is 2.61. The number of amides is 2. The summed E-state index contributed by atoms with van der Waals surface area (Å²) >= 11 is 6.13. The molecule has 4 nitrogen and oxygen atoms in total. The first kappa shape index (κ1) is 18.5. The van der Waals surface area contributed by atoms with E-state index in [9.17, 15) is 4.79 Å². The van der Waals surface area contributed by atoms with Gasteiger partial charge in [-0.1, -0.05) is 24.6 Å². The number of hydrogen-bond donors (Lipinski definition) is 1. The van der Waals surface area contributed by atoms with Crippen molar-refractivity contribution in [2.45, 2.75) is 39.5 Å². The summed E-state index contributed by atoms with van der Waals surface area (Å²) in [7, 11) is 0. The molecule has 2 heterocycles. The number of aryl methyl sites for hydroxylation is 1. The van der Waals surface area contributed by atoms with Crippen molar-refractivity contribution in [2.24, 2.45) is 11.8 Å². The predicted molar refractivity (Wildman–Crippen MR) is 104 cm³/mol. The molecule has 3 rings (SSSR count). The zero-order valence-corrected chi connectivity index (χ0v) is 16.2. The van der Waals surface area contributed by atoms with Crippen LogP contribution >= 0.6 is 11.6 Å². The number of halogens is 1. The highest BCUT2D eigenvalue weighted by molar-refractivity contribution is 6.31. The molecule has 0 atom stereocenters. The van der Waals surface area contributed by atoms with Crippen LogP contribution in [0.5, 0.6) is 0 Å². The number of carbonyl (C=O) groups is 1. The minimum absolute atomic E-state index is 0.00910. The molecule has 0 radical (unpaired) electrons. The van der Waals surface area contributed by atoms with Gasteiger partial charge in [-0.3, -0.25) is 0 Å². The second-order valence-corrected chi connectivity index (χ2v) is 8.21. The van der Waals surface area contributed by atoms with Crippen molar-refractivity contribution < 1.29 is 4.79 Å². The first-order valence-corrected chi connectivity index (χ1v) is 9.93. The maximum absolute atomic E-state index is 12.5. The van der Waals surface area contributed by atoms with E-state index in [1.165, 1.54) is 32.5 Å². The Hall–Kier alpha value is -1.26. The van der Waals surface area contributed by atoms with Crippen LogP contribution in [0.4, 0.5) is 10.5 Å². The highest BCUT2D eigenvalue weighted by atomic mass is 35.5. The van der Waals surface area contributed by atoms with Crippen LogP contribution in [0.1, 0.15) is 38.2 Å². The summed E-state index contributed by atoms with van der Waals surface area (Å²) in [6.45, 7) is 9.71. The third-order valence-corrected chi connectivity index (χ3v) is 6.12. The number of urea groups is 1. The third-order valence-electron chi connectivity index (χ3n) is 5.72. The van der Waals surface area contributed by atoms with Crippen LogP contribution in [-0.2, 0) is 0 Å². The van der Waals surface area contributed by atoms with E-state index in [4.69, 9.17) is 11.6 Å². The van der Waals surface area contributed by atoms with E-state index in [-0.39, 0.29) is 6.03 Å². The van der Waals surface area contributed by atoms with Crippen molar-refractivity contribution in [3.63, 3.8) is 0 Å². The molecule has 2 saturated heterocycles. The molecule has 1 aromatic carbocycles. The van der Waals surface area contributed by atoms with Gasteiger partial charge in [-0.15, -0.1) is 0 Å². The number of carbonyl (C=O) groups excluding carboxylic acids is 1. The van der Waals surface area contributed by atoms with Gasteiger partial charge in [-0.25, -0.2) is 4.79 Å². The van der Waals surface area contributed by atoms with Crippen molar-refractivity contribution in [1.82, 2.24) is 9.80 Å². The minimum Gasteiger partial charge on any atom is -0.325 e. The Labute approximate surface area is 156 Å². The van der Waals surface area contributed by atoms with Crippen molar-refractivity contribution in [3.05, 3.63) is 28.8 Å². The highest BCUT2D eigenvalue weighted by Gasteiger charge is 2.25. The first-order chi connectivity index (χ1) is 12.0. The van der Waals surface area contributed by atoms with Gasteiger partial charge in [-0.05, 0) is 75.2 Å². The molecule has 2 fully saturated rings. The van der Waals surface area contributed by atoms with Crippen molar-refractivity contribution >= 4 is 23.3 Å². The van der Waals surface area contributed by atoms with Crippen LogP contribution in [0, 0.1) is 18.8 Å². The topological polar surface area (TPSA) is 35.6 Å². The third kappa shape index (κ3) is 5.11. The SMILES string of the molecule is Cc1ccc(NC(=O)N2CCC(CN3CCC(C)CC3)CC2)cc1Cl. The summed E-state index contributed by atoms with van der Waals surface area (Å²) < 4.78 is 0. The number of nitrogens with one attached hydrogen (secondary N) is 1. The number of benzene rings is 1. The molecule has 25 heavy (non-hydrogen) atoms. The lowest BCUT2D eigenvalue weighted by Crippen LogP contribution is -2.44. The van der Waals surface area contributed by atoms with Crippen LogP contribution in [-0.4, -0.2) is 48.6 Å². The van der Waals surface area contributed by atoms with E-state index in [0.717, 1.165) is 49.0 Å². The highest BCUT2D eigenvalue weighted by Crippen LogP contribution is 2.24. The van der Waals surface area contributed by atoms with Crippen LogP contribution in [0.2, 0.25) is 5.02 Å². The number of piperidine rings is 2. The summed E-state index contributed by atoms with van der Waals surface area (Å²) in [4.78, 5) is 17.0. The molecule has 0 bridgehead atoms. The van der Waals surface area contributed by atoms with E-state index < -0.39 is 0 Å². The Morgan fingerprint density at radius 2 is 1.84 bits per heavy atom. The first-order valence-electron chi connectivity index (χ1n) is 9.55. The van der Waals surface area contributed by atoms with E-state index in [0.29, 0.717) is 5.02 Å². The monoisotopic (exact) mass is 363 g/mol. The van der Waals surface area contributed by atoms with E-state index in [2.05, 4.69) is 17.1 Å². The van der Waals surface area contributed by atoms with Gasteiger partial charge in [-0.2, -0.15) is 0 Å². The zero-order valence-electron chi connectivity index (χ0n) is 15.4. The van der Waals surface area contributed by atoms with Crippen LogP contribution in [0.15, 0.2) is 18.2 Å². The summed E-state index contributed by atoms with van der Waals surface area (Å²) in [6.07, 6.45) is 4.88. The zero-order chi connectivity index (χ0) is 17.8. The van der Waals surface area contributed by atoms with Crippen LogP contribution < -0.4 is 5.32 Å². The van der Waals surface area contributed by atoms with Gasteiger partial charge in [0.2, 0.25) is 0 Å². The van der Waals surface area contributed by atoms with Crippen molar-refractivity contribution in [2.75, 3.05) is 38.0 Å². The van der Waals surface area contributed by atoms with Crippen molar-refractivity contribution in [3.8, 4) is 0 Å². The Bertz CT molecular complexity index is 591. The maximum Gasteiger partial charge on any atom is 0.321 e. The molecule has 1 N–H and O–H groups in total. The van der Waals surface area contributed by atoms with Gasteiger partial charge in [0, 0.05) is 30.3 Å². The summed E-state index contributed by atoms with van der Waals surface area (Å²) in [5.41, 5.74) is 1.79. The molecule has 2 aliphatic rings. The number of rotatable bonds is 3. The van der Waals surface area contributed by atoms with Gasteiger partial charge in [0.1, 0.15) is 0 Å². The number of likely N-dealkylation sites (tertiary alicyclic amines) is 2. The molecule has 2 amide bonds. The lowest BCUT2D eigenvalue weighted by atomic mass is 9.93. The van der Waals surface area contributed by atoms with Gasteiger partial charge in [0.25, 0.3) is 0 Å². The van der Waals surface area contributed by atoms with Crippen LogP contribution in [0.3, 0.4) is 0 Å². The summed E-state index contributed by atoms with van der Waals surface area (Å²) in [6, 6.07) is 5.65. The summed E-state index contributed by atoms with van der Waals surface area (Å²) in [5, 5.41) is 3.66. The van der Waals surface area contributed by atoms with Crippen LogP contribution in [0.25, 0.3) is 0 Å². The fourth-order valence-electron chi connectivity index (χ4n) is 3.80. The number of hydrogen-bond acceptors (Lipinski definition) is 2. The molecule has 5 heteroatoms. The van der Waals surface area contributed by atoms with E-state index in [1.807, 2.05) is 30.0 Å². The van der Waals surface area contributed by atoms with E-state index in [1.54, 1.807) is 0 Å².